The van der Waals surface area contributed by atoms with Crippen LogP contribution in [0.15, 0.2) is 60.7 Å². The van der Waals surface area contributed by atoms with Crippen molar-refractivity contribution in [2.75, 3.05) is 6.61 Å². The van der Waals surface area contributed by atoms with Crippen LogP contribution in [0.5, 0.6) is 5.75 Å². The van der Waals surface area contributed by atoms with Gasteiger partial charge in [0.2, 0.25) is 0 Å². The zero-order chi connectivity index (χ0) is 19.6. The van der Waals surface area contributed by atoms with Crippen LogP contribution in [-0.4, -0.2) is 6.61 Å². The van der Waals surface area contributed by atoms with Crippen LogP contribution in [0.3, 0.4) is 0 Å². The minimum atomic E-state index is -4.77. The van der Waals surface area contributed by atoms with Gasteiger partial charge in [-0.25, -0.2) is 8.78 Å². The number of halogens is 5. The maximum atomic E-state index is 14.4. The molecule has 0 saturated heterocycles. The molecule has 0 aromatic heterocycles. The summed E-state index contributed by atoms with van der Waals surface area (Å²) in [5, 5.41) is 0.0890. The van der Waals surface area contributed by atoms with E-state index in [-0.39, 0.29) is 16.3 Å². The first-order valence-electron chi connectivity index (χ1n) is 8.14. The Morgan fingerprint density at radius 1 is 0.963 bits per heavy atom. The van der Waals surface area contributed by atoms with E-state index in [1.54, 1.807) is 12.1 Å². The summed E-state index contributed by atoms with van der Waals surface area (Å²) >= 11 is 0. The Morgan fingerprint density at radius 2 is 1.74 bits per heavy atom. The van der Waals surface area contributed by atoms with Crippen molar-refractivity contribution in [3.8, 4) is 16.9 Å². The number of hydrogen-bond acceptors (Lipinski definition) is 1. The van der Waals surface area contributed by atoms with Crippen molar-refractivity contribution >= 4 is 10.8 Å². The quantitative estimate of drug-likeness (QED) is 0.360. The average Bonchev–Trinajstić information content (AvgIpc) is 2.61. The van der Waals surface area contributed by atoms with Crippen LogP contribution in [0.1, 0.15) is 12.5 Å². The molecule has 0 fully saturated rings. The lowest BCUT2D eigenvalue weighted by molar-refractivity contribution is -0.139. The molecule has 0 aliphatic rings. The zero-order valence-electron chi connectivity index (χ0n) is 14.3. The molecule has 0 unspecified atom stereocenters. The molecule has 0 aliphatic heterocycles. The Balaban J connectivity index is 1.98. The van der Waals surface area contributed by atoms with E-state index in [0.717, 1.165) is 0 Å². The summed E-state index contributed by atoms with van der Waals surface area (Å²) in [5.41, 5.74) is -0.647. The van der Waals surface area contributed by atoms with Gasteiger partial charge in [0, 0.05) is 17.0 Å². The van der Waals surface area contributed by atoms with Gasteiger partial charge in [0.1, 0.15) is 24.0 Å². The summed E-state index contributed by atoms with van der Waals surface area (Å²) < 4.78 is 72.4. The second kappa shape index (κ2) is 7.39. The zero-order valence-corrected chi connectivity index (χ0v) is 14.3. The van der Waals surface area contributed by atoms with Crippen molar-refractivity contribution in [1.82, 2.24) is 0 Å². The predicted octanol–water partition coefficient (Wildman–Crippen LogP) is 6.76. The van der Waals surface area contributed by atoms with Crippen LogP contribution in [0.2, 0.25) is 0 Å². The van der Waals surface area contributed by atoms with Crippen molar-refractivity contribution in [3.05, 3.63) is 77.9 Å². The fourth-order valence-electron chi connectivity index (χ4n) is 2.74. The number of fused-ring (bicyclic) bond motifs is 1. The van der Waals surface area contributed by atoms with E-state index in [0.29, 0.717) is 24.0 Å². The van der Waals surface area contributed by atoms with E-state index < -0.39 is 23.4 Å². The molecule has 1 nitrogen and oxygen atoms in total. The predicted molar refractivity (Wildman–Crippen MR) is 94.6 cm³/mol. The van der Waals surface area contributed by atoms with Gasteiger partial charge in [-0.1, -0.05) is 30.4 Å². The number of allylic oxidation sites excluding steroid dienone is 1. The molecule has 0 bridgehead atoms. The lowest BCUT2D eigenvalue weighted by atomic mass is 9.99. The van der Waals surface area contributed by atoms with Gasteiger partial charge in [0.15, 0.2) is 0 Å². The normalized spacial score (nSPS) is 12.1. The third-order valence-electron chi connectivity index (χ3n) is 4.09. The van der Waals surface area contributed by atoms with Gasteiger partial charge in [0.05, 0.1) is 5.56 Å². The summed E-state index contributed by atoms with van der Waals surface area (Å²) in [7, 11) is 0. The van der Waals surface area contributed by atoms with Crippen LogP contribution >= 0.6 is 0 Å². The highest BCUT2D eigenvalue weighted by Gasteiger charge is 2.34. The Hall–Kier alpha value is -2.89. The lowest BCUT2D eigenvalue weighted by Gasteiger charge is -2.12. The lowest BCUT2D eigenvalue weighted by Crippen LogP contribution is -2.08. The molecule has 3 aromatic carbocycles. The molecule has 6 heteroatoms. The highest BCUT2D eigenvalue weighted by atomic mass is 19.4. The number of rotatable bonds is 4. The van der Waals surface area contributed by atoms with Crippen molar-refractivity contribution in [1.29, 1.82) is 0 Å². The van der Waals surface area contributed by atoms with E-state index in [4.69, 9.17) is 4.74 Å². The summed E-state index contributed by atoms with van der Waals surface area (Å²) in [4.78, 5) is 0. The standard InChI is InChI=1S/C21H15F5O/c1-2-3-10-27-15-6-8-16(19(22)12-15)13-4-7-17-14(11-13)5-9-18(20(17)23)21(24,25)26/h2-9,11-12H,10H2,1H3. The molecule has 0 heterocycles. The van der Waals surface area contributed by atoms with Gasteiger partial charge < -0.3 is 4.74 Å². The monoisotopic (exact) mass is 378 g/mol. The van der Waals surface area contributed by atoms with E-state index in [1.165, 1.54) is 36.4 Å². The number of alkyl halides is 3. The molecule has 140 valence electrons. The van der Waals surface area contributed by atoms with Gasteiger partial charge >= 0.3 is 6.18 Å². The molecule has 0 radical (unpaired) electrons. The van der Waals surface area contributed by atoms with Crippen LogP contribution in [-0.2, 0) is 6.18 Å². The first kappa shape index (κ1) is 18.9. The number of hydrogen-bond donors (Lipinski definition) is 0. The van der Waals surface area contributed by atoms with Crippen LogP contribution in [0, 0.1) is 11.6 Å². The largest absolute Gasteiger partial charge is 0.489 e. The van der Waals surface area contributed by atoms with Crippen LogP contribution < -0.4 is 4.74 Å². The molecule has 3 rings (SSSR count). The summed E-state index contributed by atoms with van der Waals surface area (Å²) in [6.45, 7) is 2.15. The maximum Gasteiger partial charge on any atom is 0.419 e. The molecule has 0 amide bonds. The molecule has 0 aliphatic carbocycles. The van der Waals surface area contributed by atoms with E-state index >= 15 is 0 Å². The van der Waals surface area contributed by atoms with Gasteiger partial charge in [-0.05, 0) is 42.1 Å². The average molecular weight is 378 g/mol. The van der Waals surface area contributed by atoms with Crippen molar-refractivity contribution in [2.24, 2.45) is 0 Å². The Labute approximate surface area is 152 Å². The second-order valence-corrected chi connectivity index (χ2v) is 5.88. The first-order valence-corrected chi connectivity index (χ1v) is 8.14. The Bertz CT molecular complexity index is 1010. The van der Waals surface area contributed by atoms with E-state index in [1.807, 2.05) is 13.0 Å². The molecule has 0 spiro atoms. The molecule has 3 aromatic rings. The first-order chi connectivity index (χ1) is 12.8. The van der Waals surface area contributed by atoms with Crippen LogP contribution in [0.25, 0.3) is 21.9 Å². The molecular weight excluding hydrogens is 363 g/mol. The Kier molecular flexibility index (Phi) is 5.17. The Morgan fingerprint density at radius 3 is 2.41 bits per heavy atom. The van der Waals surface area contributed by atoms with Crippen LogP contribution in [0.4, 0.5) is 22.0 Å². The van der Waals surface area contributed by atoms with Gasteiger partial charge in [0.25, 0.3) is 0 Å². The third-order valence-corrected chi connectivity index (χ3v) is 4.09. The fraction of sp³-hybridized carbons (Fsp3) is 0.143. The maximum absolute atomic E-state index is 14.4. The number of benzene rings is 3. The summed E-state index contributed by atoms with van der Waals surface area (Å²) in [5.74, 6) is -1.52. The second-order valence-electron chi connectivity index (χ2n) is 5.88. The van der Waals surface area contributed by atoms with Gasteiger partial charge in [-0.3, -0.25) is 0 Å². The molecule has 0 N–H and O–H groups in total. The highest BCUT2D eigenvalue weighted by molar-refractivity contribution is 5.88. The van der Waals surface area contributed by atoms with Crippen molar-refractivity contribution in [2.45, 2.75) is 13.1 Å². The fourth-order valence-corrected chi connectivity index (χ4v) is 2.74. The number of ether oxygens (including phenoxy) is 1. The summed E-state index contributed by atoms with van der Waals surface area (Å²) in [6, 6.07) is 10.3. The minimum Gasteiger partial charge on any atom is -0.489 e. The van der Waals surface area contributed by atoms with Gasteiger partial charge in [-0.15, -0.1) is 0 Å². The minimum absolute atomic E-state index is 0.166. The summed E-state index contributed by atoms with van der Waals surface area (Å²) in [6.07, 6.45) is -1.19. The molecule has 0 atom stereocenters. The van der Waals surface area contributed by atoms with E-state index in [2.05, 4.69) is 0 Å². The molecule has 27 heavy (non-hydrogen) atoms. The van der Waals surface area contributed by atoms with Gasteiger partial charge in [-0.2, -0.15) is 13.2 Å². The van der Waals surface area contributed by atoms with Crippen molar-refractivity contribution < 1.29 is 26.7 Å². The SMILES string of the molecule is CC=CCOc1ccc(-c2ccc3c(F)c(C(F)(F)F)ccc3c2)c(F)c1. The highest BCUT2D eigenvalue weighted by Crippen LogP contribution is 2.36. The van der Waals surface area contributed by atoms with Crippen molar-refractivity contribution in [3.63, 3.8) is 0 Å². The van der Waals surface area contributed by atoms with E-state index in [9.17, 15) is 22.0 Å². The molecule has 0 saturated carbocycles. The smallest absolute Gasteiger partial charge is 0.419 e. The third kappa shape index (κ3) is 3.94. The topological polar surface area (TPSA) is 9.23 Å². The molecular formula is C21H15F5O.